The fourth-order valence-corrected chi connectivity index (χ4v) is 1.45. The summed E-state index contributed by atoms with van der Waals surface area (Å²) in [5, 5.41) is 12.6. The van der Waals surface area contributed by atoms with Crippen LogP contribution in [0, 0.1) is 0 Å². The number of aliphatic hydroxyl groups excluding tert-OH is 1. The van der Waals surface area contributed by atoms with Crippen LogP contribution < -0.4 is 11.1 Å². The van der Waals surface area contributed by atoms with Crippen LogP contribution in [0.3, 0.4) is 0 Å². The molecule has 5 heteroatoms. The molecule has 1 rings (SSSR count). The molecule has 0 saturated carbocycles. The van der Waals surface area contributed by atoms with Gasteiger partial charge in [-0.15, -0.1) is 0 Å². The van der Waals surface area contributed by atoms with Crippen LogP contribution >= 0.6 is 11.6 Å². The molecule has 0 spiro atoms. The summed E-state index contributed by atoms with van der Waals surface area (Å²) in [4.78, 5) is 0. The summed E-state index contributed by atoms with van der Waals surface area (Å²) in [6, 6.07) is 5.01. The molecule has 0 aromatic heterocycles. The van der Waals surface area contributed by atoms with Gasteiger partial charge >= 0.3 is 0 Å². The van der Waals surface area contributed by atoms with Crippen LogP contribution in [0.15, 0.2) is 18.2 Å². The van der Waals surface area contributed by atoms with Gasteiger partial charge in [-0.1, -0.05) is 11.6 Å². The summed E-state index contributed by atoms with van der Waals surface area (Å²) >= 11 is 5.97. The normalized spacial score (nSPS) is 12.5. The topological polar surface area (TPSA) is 67.5 Å². The monoisotopic (exact) mass is 230 g/mol. The van der Waals surface area contributed by atoms with Gasteiger partial charge in [-0.05, 0) is 18.2 Å². The standard InChI is InChI=1S/C10H15ClN2O2/c1-15-6-8(5-14)13-10-3-2-7(12)4-9(10)11/h2-4,8,13-14H,5-6,12H2,1H3. The van der Waals surface area contributed by atoms with Crippen LogP contribution in [-0.2, 0) is 4.74 Å². The molecule has 0 aliphatic heterocycles. The first kappa shape index (κ1) is 12.1. The Balaban J connectivity index is 2.70. The van der Waals surface area contributed by atoms with Crippen molar-refractivity contribution in [3.8, 4) is 0 Å². The molecule has 1 atom stereocenters. The molecular weight excluding hydrogens is 216 g/mol. The molecule has 0 bridgehead atoms. The maximum Gasteiger partial charge on any atom is 0.0726 e. The van der Waals surface area contributed by atoms with Gasteiger partial charge < -0.3 is 20.9 Å². The molecule has 1 aromatic carbocycles. The van der Waals surface area contributed by atoms with Crippen LogP contribution in [0.2, 0.25) is 5.02 Å². The minimum atomic E-state index is -0.170. The number of nitrogen functional groups attached to an aromatic ring is 1. The summed E-state index contributed by atoms with van der Waals surface area (Å²) in [5.41, 5.74) is 6.91. The van der Waals surface area contributed by atoms with Crippen molar-refractivity contribution in [3.63, 3.8) is 0 Å². The molecule has 4 nitrogen and oxygen atoms in total. The quantitative estimate of drug-likeness (QED) is 0.668. The van der Waals surface area contributed by atoms with Crippen molar-refractivity contribution in [3.05, 3.63) is 23.2 Å². The number of anilines is 2. The predicted octanol–water partition coefficient (Wildman–Crippen LogP) is 1.34. The zero-order valence-corrected chi connectivity index (χ0v) is 9.29. The molecule has 84 valence electrons. The van der Waals surface area contributed by atoms with Gasteiger partial charge in [0.2, 0.25) is 0 Å². The Kier molecular flexibility index (Phi) is 4.68. The molecule has 1 unspecified atom stereocenters. The Labute approximate surface area is 94.0 Å². The Morgan fingerprint density at radius 2 is 2.33 bits per heavy atom. The number of halogens is 1. The van der Waals surface area contributed by atoms with E-state index >= 15 is 0 Å². The third kappa shape index (κ3) is 3.58. The minimum Gasteiger partial charge on any atom is -0.399 e. The highest BCUT2D eigenvalue weighted by molar-refractivity contribution is 6.33. The van der Waals surface area contributed by atoms with Gasteiger partial charge in [0.15, 0.2) is 0 Å². The largest absolute Gasteiger partial charge is 0.399 e. The molecule has 0 fully saturated rings. The van der Waals surface area contributed by atoms with Gasteiger partial charge in [0.25, 0.3) is 0 Å². The average molecular weight is 231 g/mol. The number of methoxy groups -OCH3 is 1. The molecule has 4 N–H and O–H groups in total. The maximum atomic E-state index is 9.05. The van der Waals surface area contributed by atoms with E-state index in [4.69, 9.17) is 27.2 Å². The Hall–Kier alpha value is -0.970. The Bertz CT molecular complexity index is 320. The zero-order chi connectivity index (χ0) is 11.3. The van der Waals surface area contributed by atoms with Gasteiger partial charge in [0, 0.05) is 12.8 Å². The average Bonchev–Trinajstić information content (AvgIpc) is 2.21. The lowest BCUT2D eigenvalue weighted by atomic mass is 10.2. The first-order valence-electron chi connectivity index (χ1n) is 4.58. The van der Waals surface area contributed by atoms with Crippen molar-refractivity contribution < 1.29 is 9.84 Å². The molecule has 0 aliphatic rings. The van der Waals surface area contributed by atoms with Crippen LogP contribution in [0.4, 0.5) is 11.4 Å². The van der Waals surface area contributed by atoms with Gasteiger partial charge in [-0.25, -0.2) is 0 Å². The van der Waals surface area contributed by atoms with E-state index in [0.717, 1.165) is 5.69 Å². The second-order valence-electron chi connectivity index (χ2n) is 3.22. The minimum absolute atomic E-state index is 0.0193. The smallest absolute Gasteiger partial charge is 0.0726 e. The number of hydrogen-bond acceptors (Lipinski definition) is 4. The Morgan fingerprint density at radius 3 is 2.87 bits per heavy atom. The van der Waals surface area contributed by atoms with Crippen LogP contribution in [0.25, 0.3) is 0 Å². The molecule has 0 aliphatic carbocycles. The highest BCUT2D eigenvalue weighted by Gasteiger charge is 2.08. The van der Waals surface area contributed by atoms with E-state index < -0.39 is 0 Å². The van der Waals surface area contributed by atoms with Crippen LogP contribution in [0.5, 0.6) is 0 Å². The van der Waals surface area contributed by atoms with E-state index in [-0.39, 0.29) is 12.6 Å². The van der Waals surface area contributed by atoms with Crippen LogP contribution in [-0.4, -0.2) is 31.5 Å². The van der Waals surface area contributed by atoms with Crippen molar-refractivity contribution in [2.24, 2.45) is 0 Å². The first-order valence-corrected chi connectivity index (χ1v) is 4.96. The number of nitrogens with one attached hydrogen (secondary N) is 1. The van der Waals surface area contributed by atoms with Gasteiger partial charge in [0.05, 0.1) is 30.0 Å². The maximum absolute atomic E-state index is 9.05. The third-order valence-electron chi connectivity index (χ3n) is 1.94. The fraction of sp³-hybridized carbons (Fsp3) is 0.400. The lowest BCUT2D eigenvalue weighted by molar-refractivity contribution is 0.153. The highest BCUT2D eigenvalue weighted by atomic mass is 35.5. The molecule has 0 saturated heterocycles. The summed E-state index contributed by atoms with van der Waals surface area (Å²) in [7, 11) is 1.58. The SMILES string of the molecule is COCC(CO)Nc1ccc(N)cc1Cl. The number of aliphatic hydroxyl groups is 1. The predicted molar refractivity (Wildman–Crippen MR) is 62.2 cm³/mol. The highest BCUT2D eigenvalue weighted by Crippen LogP contribution is 2.24. The third-order valence-corrected chi connectivity index (χ3v) is 2.25. The lowest BCUT2D eigenvalue weighted by Crippen LogP contribution is -2.28. The van der Waals surface area contributed by atoms with E-state index in [1.165, 1.54) is 0 Å². The number of ether oxygens (including phenoxy) is 1. The number of benzene rings is 1. The second kappa shape index (κ2) is 5.80. The summed E-state index contributed by atoms with van der Waals surface area (Å²) in [5.74, 6) is 0. The van der Waals surface area contributed by atoms with E-state index in [1.54, 1.807) is 25.3 Å². The molecule has 15 heavy (non-hydrogen) atoms. The van der Waals surface area contributed by atoms with Crippen molar-refractivity contribution in [1.82, 2.24) is 0 Å². The molecule has 0 heterocycles. The van der Waals surface area contributed by atoms with Crippen molar-refractivity contribution in [2.45, 2.75) is 6.04 Å². The molecule has 0 amide bonds. The molecule has 1 aromatic rings. The Morgan fingerprint density at radius 1 is 1.60 bits per heavy atom. The number of nitrogens with two attached hydrogens (primary N) is 1. The second-order valence-corrected chi connectivity index (χ2v) is 3.63. The summed E-state index contributed by atoms with van der Waals surface area (Å²) < 4.78 is 4.94. The van der Waals surface area contributed by atoms with E-state index in [2.05, 4.69) is 5.32 Å². The fourth-order valence-electron chi connectivity index (χ4n) is 1.21. The van der Waals surface area contributed by atoms with Crippen molar-refractivity contribution in [1.29, 1.82) is 0 Å². The van der Waals surface area contributed by atoms with Gasteiger partial charge in [0.1, 0.15) is 0 Å². The van der Waals surface area contributed by atoms with Crippen molar-refractivity contribution >= 4 is 23.0 Å². The van der Waals surface area contributed by atoms with Gasteiger partial charge in [-0.2, -0.15) is 0 Å². The zero-order valence-electron chi connectivity index (χ0n) is 8.53. The van der Waals surface area contributed by atoms with E-state index in [1.807, 2.05) is 0 Å². The molecular formula is C10H15ClN2O2. The van der Waals surface area contributed by atoms with E-state index in [9.17, 15) is 0 Å². The van der Waals surface area contributed by atoms with Crippen molar-refractivity contribution in [2.75, 3.05) is 31.4 Å². The van der Waals surface area contributed by atoms with Crippen LogP contribution in [0.1, 0.15) is 0 Å². The first-order chi connectivity index (χ1) is 7.17. The lowest BCUT2D eigenvalue weighted by Gasteiger charge is -2.17. The number of hydrogen-bond donors (Lipinski definition) is 3. The summed E-state index contributed by atoms with van der Waals surface area (Å²) in [6.45, 7) is 0.395. The van der Waals surface area contributed by atoms with Gasteiger partial charge in [-0.3, -0.25) is 0 Å². The van der Waals surface area contributed by atoms with E-state index in [0.29, 0.717) is 17.3 Å². The molecule has 0 radical (unpaired) electrons. The summed E-state index contributed by atoms with van der Waals surface area (Å²) in [6.07, 6.45) is 0. The number of rotatable bonds is 5.